The molecule has 9 heteroatoms. The SMILES string of the molecule is Cn1c(SCc2ccc(C(=N)N)cc2)nc2cc(NC(=O)c3ccccc3CC(=O)O)ccc21. The number of aliphatic carboxylic acids is 1. The molecular weight excluding hydrogens is 450 g/mol. The number of carbonyl (C=O) groups excluding carboxylic acids is 1. The van der Waals surface area contributed by atoms with E-state index in [2.05, 4.69) is 5.32 Å². The number of hydrogen-bond donors (Lipinski definition) is 4. The van der Waals surface area contributed by atoms with E-state index >= 15 is 0 Å². The van der Waals surface area contributed by atoms with Crippen LogP contribution in [0.15, 0.2) is 71.9 Å². The second-order valence-corrected chi connectivity index (χ2v) is 8.68. The molecule has 0 saturated carbocycles. The highest BCUT2D eigenvalue weighted by molar-refractivity contribution is 7.98. The van der Waals surface area contributed by atoms with Gasteiger partial charge in [-0.3, -0.25) is 15.0 Å². The van der Waals surface area contributed by atoms with Crippen molar-refractivity contribution in [3.05, 3.63) is 89.0 Å². The normalized spacial score (nSPS) is 10.9. The van der Waals surface area contributed by atoms with Gasteiger partial charge < -0.3 is 20.7 Å². The lowest BCUT2D eigenvalue weighted by Gasteiger charge is -2.09. The number of anilines is 1. The zero-order chi connectivity index (χ0) is 24.2. The average molecular weight is 474 g/mol. The lowest BCUT2D eigenvalue weighted by atomic mass is 10.0. The Hall–Kier alpha value is -4.11. The zero-order valence-corrected chi connectivity index (χ0v) is 19.2. The summed E-state index contributed by atoms with van der Waals surface area (Å²) in [6.45, 7) is 0. The van der Waals surface area contributed by atoms with Crippen LogP contribution in [0, 0.1) is 5.41 Å². The topological polar surface area (TPSA) is 134 Å². The van der Waals surface area contributed by atoms with Gasteiger partial charge in [-0.2, -0.15) is 0 Å². The third-order valence-electron chi connectivity index (χ3n) is 5.33. The van der Waals surface area contributed by atoms with Crippen LogP contribution in [0.4, 0.5) is 5.69 Å². The minimum atomic E-state index is -0.991. The molecule has 0 unspecified atom stereocenters. The maximum Gasteiger partial charge on any atom is 0.307 e. The number of nitrogen functional groups attached to an aromatic ring is 1. The first-order valence-electron chi connectivity index (χ1n) is 10.5. The summed E-state index contributed by atoms with van der Waals surface area (Å²) in [5, 5.41) is 20.3. The number of nitrogens with two attached hydrogens (primary N) is 1. The molecule has 0 aliphatic heterocycles. The number of rotatable bonds is 8. The molecule has 0 fully saturated rings. The first kappa shape index (κ1) is 23.1. The predicted octanol–water partition coefficient (Wildman–Crippen LogP) is 4.03. The van der Waals surface area contributed by atoms with Crippen LogP contribution in [0.2, 0.25) is 0 Å². The molecule has 0 aliphatic carbocycles. The fraction of sp³-hybridized carbons (Fsp3) is 0.120. The van der Waals surface area contributed by atoms with Crippen molar-refractivity contribution in [2.75, 3.05) is 5.32 Å². The minimum Gasteiger partial charge on any atom is -0.481 e. The molecule has 8 nitrogen and oxygen atoms in total. The summed E-state index contributed by atoms with van der Waals surface area (Å²) >= 11 is 1.59. The van der Waals surface area contributed by atoms with E-state index < -0.39 is 5.97 Å². The highest BCUT2D eigenvalue weighted by Gasteiger charge is 2.15. The van der Waals surface area contributed by atoms with Gasteiger partial charge >= 0.3 is 5.97 Å². The molecule has 4 aromatic rings. The van der Waals surface area contributed by atoms with Gasteiger partial charge in [0.2, 0.25) is 0 Å². The van der Waals surface area contributed by atoms with Gasteiger partial charge in [0.05, 0.1) is 17.5 Å². The Morgan fingerprint density at radius 3 is 2.56 bits per heavy atom. The number of aryl methyl sites for hydroxylation is 1. The Bertz CT molecular complexity index is 1400. The predicted molar refractivity (Wildman–Crippen MR) is 133 cm³/mol. The number of carbonyl (C=O) groups is 2. The third-order valence-corrected chi connectivity index (χ3v) is 6.44. The summed E-state index contributed by atoms with van der Waals surface area (Å²) in [5.41, 5.74) is 10.3. The molecule has 0 spiro atoms. The van der Waals surface area contributed by atoms with Crippen LogP contribution >= 0.6 is 11.8 Å². The van der Waals surface area contributed by atoms with Crippen molar-refractivity contribution in [1.29, 1.82) is 5.41 Å². The minimum absolute atomic E-state index is 0.0443. The van der Waals surface area contributed by atoms with Gasteiger partial charge in [-0.05, 0) is 35.4 Å². The number of aromatic nitrogens is 2. The quantitative estimate of drug-likeness (QED) is 0.173. The van der Waals surface area contributed by atoms with E-state index in [1.54, 1.807) is 48.2 Å². The Labute approximate surface area is 200 Å². The molecule has 5 N–H and O–H groups in total. The van der Waals surface area contributed by atoms with Crippen molar-refractivity contribution in [1.82, 2.24) is 9.55 Å². The van der Waals surface area contributed by atoms with Crippen molar-refractivity contribution in [3.8, 4) is 0 Å². The van der Waals surface area contributed by atoms with Crippen LogP contribution in [-0.2, 0) is 24.0 Å². The molecule has 0 radical (unpaired) electrons. The summed E-state index contributed by atoms with van der Waals surface area (Å²) in [4.78, 5) is 28.6. The maximum atomic E-state index is 12.8. The van der Waals surface area contributed by atoms with Crippen LogP contribution in [0.1, 0.15) is 27.0 Å². The highest BCUT2D eigenvalue weighted by atomic mass is 32.2. The number of nitrogens with zero attached hydrogens (tertiary/aromatic N) is 2. The van der Waals surface area contributed by atoms with E-state index in [0.29, 0.717) is 28.1 Å². The molecule has 0 saturated heterocycles. The van der Waals surface area contributed by atoms with Crippen molar-refractivity contribution in [2.24, 2.45) is 12.8 Å². The highest BCUT2D eigenvalue weighted by Crippen LogP contribution is 2.28. The lowest BCUT2D eigenvalue weighted by molar-refractivity contribution is -0.136. The first-order valence-corrected chi connectivity index (χ1v) is 11.4. The van der Waals surface area contributed by atoms with E-state index in [1.165, 1.54) is 0 Å². The number of carboxylic acid groups (broad SMARTS) is 1. The summed E-state index contributed by atoms with van der Waals surface area (Å²) < 4.78 is 2.00. The average Bonchev–Trinajstić information content (AvgIpc) is 3.12. The van der Waals surface area contributed by atoms with Crippen molar-refractivity contribution in [3.63, 3.8) is 0 Å². The molecule has 1 heterocycles. The van der Waals surface area contributed by atoms with Crippen LogP contribution in [0.25, 0.3) is 11.0 Å². The molecule has 1 aromatic heterocycles. The number of imidazole rings is 1. The molecule has 0 atom stereocenters. The Morgan fingerprint density at radius 1 is 1.12 bits per heavy atom. The smallest absolute Gasteiger partial charge is 0.307 e. The van der Waals surface area contributed by atoms with Gasteiger partial charge in [0.25, 0.3) is 5.91 Å². The number of nitrogens with one attached hydrogen (secondary N) is 2. The standard InChI is InChI=1S/C25H23N5O3S/c1-30-21-11-10-18(28-24(33)19-5-3-2-4-17(19)12-22(31)32)13-20(21)29-25(30)34-14-15-6-8-16(9-7-15)23(26)27/h2-11,13H,12,14H2,1H3,(H3,26,27)(H,28,33)(H,31,32). The summed E-state index contributed by atoms with van der Waals surface area (Å²) in [6.07, 6.45) is -0.221. The van der Waals surface area contributed by atoms with Crippen LogP contribution in [0.5, 0.6) is 0 Å². The molecular formula is C25H23N5O3S. The second kappa shape index (κ2) is 9.80. The summed E-state index contributed by atoms with van der Waals surface area (Å²) in [5.74, 6) is -0.604. The number of benzene rings is 3. The van der Waals surface area contributed by atoms with Gasteiger partial charge in [-0.25, -0.2) is 4.98 Å². The van der Waals surface area contributed by atoms with E-state index in [4.69, 9.17) is 21.2 Å². The number of amides is 1. The van der Waals surface area contributed by atoms with Gasteiger partial charge in [0, 0.05) is 29.6 Å². The van der Waals surface area contributed by atoms with Gasteiger partial charge in [-0.15, -0.1) is 0 Å². The third kappa shape index (κ3) is 5.10. The fourth-order valence-corrected chi connectivity index (χ4v) is 4.51. The van der Waals surface area contributed by atoms with Gasteiger partial charge in [0.1, 0.15) is 5.84 Å². The molecule has 1 amide bonds. The monoisotopic (exact) mass is 473 g/mol. The fourth-order valence-electron chi connectivity index (χ4n) is 3.57. The molecule has 34 heavy (non-hydrogen) atoms. The maximum absolute atomic E-state index is 12.8. The zero-order valence-electron chi connectivity index (χ0n) is 18.4. The van der Waals surface area contributed by atoms with Crippen LogP contribution in [0.3, 0.4) is 0 Å². The van der Waals surface area contributed by atoms with Crippen molar-refractivity contribution >= 4 is 46.2 Å². The Balaban J connectivity index is 1.50. The number of thioether (sulfide) groups is 1. The number of amidine groups is 1. The van der Waals surface area contributed by atoms with E-state index in [1.807, 2.05) is 41.9 Å². The van der Waals surface area contributed by atoms with Gasteiger partial charge in [0.15, 0.2) is 5.16 Å². The number of carboxylic acids is 1. The molecule has 3 aromatic carbocycles. The van der Waals surface area contributed by atoms with E-state index in [9.17, 15) is 9.59 Å². The Kier molecular flexibility index (Phi) is 6.65. The molecule has 0 aliphatic rings. The Morgan fingerprint density at radius 2 is 1.85 bits per heavy atom. The lowest BCUT2D eigenvalue weighted by Crippen LogP contribution is -2.15. The molecule has 4 rings (SSSR count). The summed E-state index contributed by atoms with van der Waals surface area (Å²) in [7, 11) is 1.94. The number of fused-ring (bicyclic) bond motifs is 1. The second-order valence-electron chi connectivity index (χ2n) is 7.74. The summed E-state index contributed by atoms with van der Waals surface area (Å²) in [6, 6.07) is 19.7. The van der Waals surface area contributed by atoms with E-state index in [-0.39, 0.29) is 18.2 Å². The van der Waals surface area contributed by atoms with Crippen molar-refractivity contribution in [2.45, 2.75) is 17.3 Å². The molecule has 172 valence electrons. The molecule has 0 bridgehead atoms. The largest absolute Gasteiger partial charge is 0.481 e. The first-order chi connectivity index (χ1) is 16.3. The van der Waals surface area contributed by atoms with Crippen LogP contribution < -0.4 is 11.1 Å². The number of hydrogen-bond acceptors (Lipinski definition) is 5. The van der Waals surface area contributed by atoms with Gasteiger partial charge in [-0.1, -0.05) is 54.2 Å². The van der Waals surface area contributed by atoms with Crippen molar-refractivity contribution < 1.29 is 14.7 Å². The van der Waals surface area contributed by atoms with E-state index in [0.717, 1.165) is 21.8 Å². The van der Waals surface area contributed by atoms with Crippen LogP contribution in [-0.4, -0.2) is 32.4 Å².